The Morgan fingerprint density at radius 3 is 2.50 bits per heavy atom. The Labute approximate surface area is 208 Å². The molecule has 2 aromatic rings. The van der Waals surface area contributed by atoms with Crippen molar-refractivity contribution in [1.82, 2.24) is 25.3 Å². The molecule has 0 spiro atoms. The first-order valence-corrected chi connectivity index (χ1v) is 10.6. The van der Waals surface area contributed by atoms with E-state index in [4.69, 9.17) is 4.74 Å². The van der Waals surface area contributed by atoms with Crippen LogP contribution in [0.1, 0.15) is 45.2 Å². The van der Waals surface area contributed by atoms with Gasteiger partial charge in [-0.2, -0.15) is 5.10 Å². The van der Waals surface area contributed by atoms with E-state index in [1.54, 1.807) is 25.2 Å². The van der Waals surface area contributed by atoms with Gasteiger partial charge in [0.2, 0.25) is 0 Å². The van der Waals surface area contributed by atoms with Crippen molar-refractivity contribution in [1.29, 1.82) is 0 Å². The lowest BCUT2D eigenvalue weighted by Gasteiger charge is -2.29. The number of aromatic nitrogens is 2. The second-order valence-corrected chi connectivity index (χ2v) is 8.55. The molecule has 1 aromatic carbocycles. The molecule has 1 atom stereocenters. The Morgan fingerprint density at radius 2 is 1.91 bits per heavy atom. The molecule has 8 nitrogen and oxygen atoms in total. The van der Waals surface area contributed by atoms with Crippen LogP contribution in [0.5, 0.6) is 0 Å². The number of hydrogen-bond acceptors (Lipinski definition) is 4. The van der Waals surface area contributed by atoms with E-state index >= 15 is 0 Å². The van der Waals surface area contributed by atoms with Crippen LogP contribution in [0.3, 0.4) is 0 Å². The van der Waals surface area contributed by atoms with Crippen molar-refractivity contribution in [3.63, 3.8) is 0 Å². The molecule has 0 fully saturated rings. The number of hydrogen-bond donors (Lipinski definition) is 2. The van der Waals surface area contributed by atoms with Gasteiger partial charge in [0.25, 0.3) is 0 Å². The van der Waals surface area contributed by atoms with E-state index in [2.05, 4.69) is 32.9 Å². The van der Waals surface area contributed by atoms with Gasteiger partial charge < -0.3 is 20.3 Å². The Morgan fingerprint density at radius 1 is 1.22 bits per heavy atom. The molecule has 2 rings (SSSR count). The zero-order valence-corrected chi connectivity index (χ0v) is 22.3. The first-order valence-electron chi connectivity index (χ1n) is 10.6. The summed E-state index contributed by atoms with van der Waals surface area (Å²) in [7, 11) is 3.52. The lowest BCUT2D eigenvalue weighted by Crippen LogP contribution is -2.42. The number of guanidine groups is 1. The minimum Gasteiger partial charge on any atom is -0.444 e. The van der Waals surface area contributed by atoms with Crippen LogP contribution in [-0.2, 0) is 17.8 Å². The number of rotatable bonds is 8. The average molecular weight is 556 g/mol. The summed E-state index contributed by atoms with van der Waals surface area (Å²) in [6.45, 7) is 9.68. The highest BCUT2D eigenvalue weighted by Crippen LogP contribution is 2.12. The van der Waals surface area contributed by atoms with E-state index in [1.807, 2.05) is 56.8 Å². The van der Waals surface area contributed by atoms with Crippen LogP contribution in [0, 0.1) is 0 Å². The molecule has 0 radical (unpaired) electrons. The lowest BCUT2D eigenvalue weighted by molar-refractivity contribution is 0.0230. The normalized spacial score (nSPS) is 12.5. The van der Waals surface area contributed by atoms with Crippen LogP contribution in [0.4, 0.5) is 4.79 Å². The van der Waals surface area contributed by atoms with Crippen molar-refractivity contribution in [3.8, 4) is 0 Å². The molecule has 178 valence electrons. The Bertz CT molecular complexity index is 848. The van der Waals surface area contributed by atoms with Gasteiger partial charge in [0.15, 0.2) is 5.96 Å². The number of carbonyl (C=O) groups excluding carboxylic acids is 1. The second-order valence-electron chi connectivity index (χ2n) is 8.55. The van der Waals surface area contributed by atoms with Crippen molar-refractivity contribution in [2.24, 2.45) is 4.99 Å². The third kappa shape index (κ3) is 9.46. The maximum atomic E-state index is 12.2. The van der Waals surface area contributed by atoms with Gasteiger partial charge in [-0.05, 0) is 51.3 Å². The predicted octanol–water partition coefficient (Wildman–Crippen LogP) is 3.86. The van der Waals surface area contributed by atoms with Crippen LogP contribution in [0.2, 0.25) is 0 Å². The third-order valence-electron chi connectivity index (χ3n) is 4.88. The second kappa shape index (κ2) is 13.3. The molecule has 1 unspecified atom stereocenters. The minimum absolute atomic E-state index is 0. The van der Waals surface area contributed by atoms with Crippen molar-refractivity contribution in [3.05, 3.63) is 53.9 Å². The maximum Gasteiger partial charge on any atom is 0.410 e. The molecule has 9 heteroatoms. The van der Waals surface area contributed by atoms with Crippen LogP contribution in [0.15, 0.2) is 47.7 Å². The van der Waals surface area contributed by atoms with Gasteiger partial charge in [0.05, 0.1) is 6.54 Å². The molecule has 1 amide bonds. The van der Waals surface area contributed by atoms with Gasteiger partial charge in [0.1, 0.15) is 5.60 Å². The Hall–Kier alpha value is -2.30. The SMILES string of the molecule is CN=C(NCCC(C)N(C)C(=O)OC(C)(C)C)NCc1ccccc1Cn1cccn1.I. The molecule has 0 saturated carbocycles. The Kier molecular flexibility index (Phi) is 11.5. The molecule has 0 saturated heterocycles. The van der Waals surface area contributed by atoms with E-state index in [9.17, 15) is 4.79 Å². The van der Waals surface area contributed by atoms with E-state index in [0.717, 1.165) is 18.9 Å². The first kappa shape index (κ1) is 27.7. The highest BCUT2D eigenvalue weighted by molar-refractivity contribution is 14.0. The Balaban J connectivity index is 0.00000512. The molecule has 2 N–H and O–H groups in total. The molecule has 1 heterocycles. The van der Waals surface area contributed by atoms with Crippen LogP contribution in [0.25, 0.3) is 0 Å². The number of aliphatic imine (C=N–C) groups is 1. The molecular formula is C23H37IN6O2. The van der Waals surface area contributed by atoms with Crippen LogP contribution >= 0.6 is 24.0 Å². The molecule has 1 aromatic heterocycles. The summed E-state index contributed by atoms with van der Waals surface area (Å²) in [6.07, 6.45) is 4.21. The minimum atomic E-state index is -0.497. The number of carbonyl (C=O) groups is 1. The topological polar surface area (TPSA) is 83.8 Å². The highest BCUT2D eigenvalue weighted by Gasteiger charge is 2.22. The van der Waals surface area contributed by atoms with E-state index in [-0.39, 0.29) is 36.1 Å². The van der Waals surface area contributed by atoms with Crippen molar-refractivity contribution in [2.75, 3.05) is 20.6 Å². The number of nitrogens with one attached hydrogen (secondary N) is 2. The quantitative estimate of drug-likeness (QED) is 0.293. The zero-order chi connectivity index (χ0) is 22.9. The summed E-state index contributed by atoms with van der Waals surface area (Å²) in [5.41, 5.74) is 1.91. The van der Waals surface area contributed by atoms with Gasteiger partial charge in [-0.3, -0.25) is 9.67 Å². The fourth-order valence-electron chi connectivity index (χ4n) is 2.96. The summed E-state index contributed by atoms with van der Waals surface area (Å²) >= 11 is 0. The number of ether oxygens (including phenoxy) is 1. The standard InChI is InChI=1S/C23H36N6O2.HI/c1-18(28(6)22(30)31-23(2,3)4)12-14-25-21(24-5)26-16-19-10-7-8-11-20(19)17-29-15-9-13-27-29;/h7-11,13,15,18H,12,14,16-17H2,1-6H3,(H2,24,25,26);1H. The highest BCUT2D eigenvalue weighted by atomic mass is 127. The van der Waals surface area contributed by atoms with Gasteiger partial charge in [0, 0.05) is 45.6 Å². The summed E-state index contributed by atoms with van der Waals surface area (Å²) in [6, 6.07) is 10.3. The summed E-state index contributed by atoms with van der Waals surface area (Å²) < 4.78 is 7.34. The number of benzene rings is 1. The maximum absolute atomic E-state index is 12.2. The van der Waals surface area contributed by atoms with Crippen LogP contribution < -0.4 is 10.6 Å². The fraction of sp³-hybridized carbons (Fsp3) is 0.522. The summed E-state index contributed by atoms with van der Waals surface area (Å²) in [5, 5.41) is 11.0. The summed E-state index contributed by atoms with van der Waals surface area (Å²) in [5.74, 6) is 0.723. The molecule has 0 aliphatic carbocycles. The number of nitrogens with zero attached hydrogens (tertiary/aromatic N) is 4. The smallest absolute Gasteiger partial charge is 0.410 e. The van der Waals surface area contributed by atoms with Gasteiger partial charge in [-0.25, -0.2) is 4.79 Å². The molecular weight excluding hydrogens is 519 g/mol. The zero-order valence-electron chi connectivity index (χ0n) is 20.0. The molecule has 0 aliphatic heterocycles. The number of halogens is 1. The van der Waals surface area contributed by atoms with Crippen molar-refractivity contribution < 1.29 is 9.53 Å². The van der Waals surface area contributed by atoms with E-state index < -0.39 is 5.60 Å². The van der Waals surface area contributed by atoms with Crippen molar-refractivity contribution in [2.45, 2.75) is 58.8 Å². The monoisotopic (exact) mass is 556 g/mol. The van der Waals surface area contributed by atoms with Crippen LogP contribution in [-0.4, -0.2) is 59.0 Å². The van der Waals surface area contributed by atoms with Gasteiger partial charge in [-0.15, -0.1) is 24.0 Å². The number of amides is 1. The predicted molar refractivity (Wildman–Crippen MR) is 139 cm³/mol. The largest absolute Gasteiger partial charge is 0.444 e. The first-order chi connectivity index (χ1) is 14.7. The van der Waals surface area contributed by atoms with Gasteiger partial charge >= 0.3 is 6.09 Å². The molecule has 32 heavy (non-hydrogen) atoms. The van der Waals surface area contributed by atoms with E-state index in [0.29, 0.717) is 13.1 Å². The lowest BCUT2D eigenvalue weighted by atomic mass is 10.1. The third-order valence-corrected chi connectivity index (χ3v) is 4.88. The molecule has 0 aliphatic rings. The average Bonchev–Trinajstić information content (AvgIpc) is 3.22. The van der Waals surface area contributed by atoms with E-state index in [1.165, 1.54) is 11.1 Å². The summed E-state index contributed by atoms with van der Waals surface area (Å²) in [4.78, 5) is 18.1. The van der Waals surface area contributed by atoms with Gasteiger partial charge in [-0.1, -0.05) is 24.3 Å². The van der Waals surface area contributed by atoms with Crippen molar-refractivity contribution >= 4 is 36.0 Å². The fourth-order valence-corrected chi connectivity index (χ4v) is 2.96. The molecule has 0 bridgehead atoms.